The summed E-state index contributed by atoms with van der Waals surface area (Å²) in [5.41, 5.74) is -2.15. The Balaban J connectivity index is 0.000000582. The number of hydrogen-bond acceptors (Lipinski definition) is 8. The van der Waals surface area contributed by atoms with Crippen LogP contribution in [-0.2, 0) is 56.4 Å². The van der Waals surface area contributed by atoms with Crippen LogP contribution in [0.3, 0.4) is 0 Å². The van der Waals surface area contributed by atoms with Crippen molar-refractivity contribution in [1.82, 2.24) is 0 Å². The Hall–Kier alpha value is -3.19. The highest BCUT2D eigenvalue weighted by Crippen LogP contribution is 2.47. The largest absolute Gasteiger partial charge is 0.466 e. The highest BCUT2D eigenvalue weighted by atomic mass is 31.2. The molecule has 0 aliphatic carbocycles. The smallest absolute Gasteiger partial charge is 0.416 e. The fourth-order valence-electron chi connectivity index (χ4n) is 3.45. The van der Waals surface area contributed by atoms with E-state index in [0.29, 0.717) is 23.3 Å². The van der Waals surface area contributed by atoms with Gasteiger partial charge in [-0.2, -0.15) is 26.3 Å². The van der Waals surface area contributed by atoms with Crippen molar-refractivity contribution < 1.29 is 63.8 Å². The quantitative estimate of drug-likeness (QED) is 0.0884. The van der Waals surface area contributed by atoms with Crippen molar-refractivity contribution in [1.29, 1.82) is 0 Å². The van der Waals surface area contributed by atoms with Crippen molar-refractivity contribution >= 4 is 25.1 Å². The molecule has 0 spiro atoms. The van der Waals surface area contributed by atoms with Gasteiger partial charge in [-0.1, -0.05) is 30.3 Å². The minimum Gasteiger partial charge on any atom is -0.466 e. The average molecular weight is 657 g/mol. The molecule has 0 fully saturated rings. The Morgan fingerprint density at radius 1 is 0.773 bits per heavy atom. The van der Waals surface area contributed by atoms with E-state index < -0.39 is 49.6 Å². The fourth-order valence-corrected chi connectivity index (χ4v) is 4.91. The molecule has 8 nitrogen and oxygen atoms in total. The van der Waals surface area contributed by atoms with Crippen LogP contribution in [0.2, 0.25) is 0 Å². The molecule has 0 N–H and O–H groups in total. The van der Waals surface area contributed by atoms with Gasteiger partial charge in [-0.3, -0.25) is 9.36 Å². The third-order valence-corrected chi connectivity index (χ3v) is 7.13. The van der Waals surface area contributed by atoms with Crippen LogP contribution in [0.5, 0.6) is 0 Å². The molecule has 0 heterocycles. The number of alkyl halides is 6. The highest BCUT2D eigenvalue weighted by Gasteiger charge is 2.37. The fraction of sp³-hybridized carbons (Fsp3) is 0.448. The van der Waals surface area contributed by atoms with E-state index in [4.69, 9.17) is 18.5 Å². The predicted octanol–water partition coefficient (Wildman–Crippen LogP) is 7.70. The zero-order valence-electron chi connectivity index (χ0n) is 24.6. The minimum atomic E-state index is -4.94. The summed E-state index contributed by atoms with van der Waals surface area (Å²) in [5, 5.41) is 0. The summed E-state index contributed by atoms with van der Waals surface area (Å²) in [6.45, 7) is 6.85. The van der Waals surface area contributed by atoms with Gasteiger partial charge in [-0.25, -0.2) is 4.79 Å². The van der Waals surface area contributed by atoms with Crippen LogP contribution in [-0.4, -0.2) is 51.1 Å². The molecule has 0 bridgehead atoms. The number of carbonyl (C=O) groups is 2. The molecule has 0 radical (unpaired) electrons. The SMILES string of the molecule is CCOC(=O)C=C(COCc1cc(C(F)(F)F)cc(C(F)(F)F)c1)c1ccccc1.CCOC(=O)CP(=O)(OCC)OCC. The lowest BCUT2D eigenvalue weighted by atomic mass is 10.0. The van der Waals surface area contributed by atoms with Crippen LogP contribution in [0.15, 0.2) is 54.6 Å². The second-order valence-corrected chi connectivity index (χ2v) is 10.7. The molecule has 2 aromatic carbocycles. The molecule has 0 aliphatic heterocycles. The molecule has 2 aromatic rings. The number of hydrogen-bond donors (Lipinski definition) is 0. The van der Waals surface area contributed by atoms with Gasteiger partial charge in [0.25, 0.3) is 0 Å². The third-order valence-electron chi connectivity index (χ3n) is 5.18. The number of rotatable bonds is 14. The Morgan fingerprint density at radius 2 is 1.30 bits per heavy atom. The van der Waals surface area contributed by atoms with Crippen molar-refractivity contribution in [3.8, 4) is 0 Å². The van der Waals surface area contributed by atoms with E-state index in [-0.39, 0.29) is 50.8 Å². The lowest BCUT2D eigenvalue weighted by molar-refractivity contribution is -0.143. The summed E-state index contributed by atoms with van der Waals surface area (Å²) < 4.78 is 114. The van der Waals surface area contributed by atoms with Crippen molar-refractivity contribution in [2.24, 2.45) is 0 Å². The van der Waals surface area contributed by atoms with Gasteiger partial charge >= 0.3 is 31.9 Å². The maximum atomic E-state index is 13.0. The maximum Gasteiger partial charge on any atom is 0.416 e. The van der Waals surface area contributed by atoms with E-state index in [1.54, 1.807) is 58.0 Å². The second kappa shape index (κ2) is 18.6. The van der Waals surface area contributed by atoms with Gasteiger partial charge in [0.2, 0.25) is 0 Å². The Bertz CT molecular complexity index is 1220. The Kier molecular flexibility index (Phi) is 16.4. The molecule has 0 saturated heterocycles. The minimum absolute atomic E-state index is 0.0551. The van der Waals surface area contributed by atoms with Gasteiger partial charge in [-0.05, 0) is 62.6 Å². The predicted molar refractivity (Wildman–Crippen MR) is 150 cm³/mol. The molecule has 2 rings (SSSR count). The molecule has 0 aliphatic rings. The molecular weight excluding hydrogens is 621 g/mol. The van der Waals surface area contributed by atoms with Crippen LogP contribution in [0.1, 0.15) is 49.9 Å². The van der Waals surface area contributed by atoms with Gasteiger partial charge < -0.3 is 23.3 Å². The first-order chi connectivity index (χ1) is 20.6. The van der Waals surface area contributed by atoms with Gasteiger partial charge in [0, 0.05) is 6.08 Å². The molecule has 0 amide bonds. The summed E-state index contributed by atoms with van der Waals surface area (Å²) in [5.74, 6) is -1.20. The van der Waals surface area contributed by atoms with Crippen LogP contribution in [0.4, 0.5) is 26.3 Å². The van der Waals surface area contributed by atoms with Crippen molar-refractivity contribution in [3.05, 3.63) is 76.9 Å². The number of ether oxygens (including phenoxy) is 3. The monoisotopic (exact) mass is 656 g/mol. The van der Waals surface area contributed by atoms with Crippen LogP contribution < -0.4 is 0 Å². The van der Waals surface area contributed by atoms with E-state index in [1.165, 1.54) is 6.08 Å². The lowest BCUT2D eigenvalue weighted by Gasteiger charge is -2.15. The summed E-state index contributed by atoms with van der Waals surface area (Å²) in [4.78, 5) is 22.8. The number of carbonyl (C=O) groups excluding carboxylic acids is 2. The normalized spacial score (nSPS) is 12.3. The number of benzene rings is 2. The summed E-state index contributed by atoms with van der Waals surface area (Å²) in [6.07, 6.45) is -9.02. The molecule has 0 aromatic heterocycles. The lowest BCUT2D eigenvalue weighted by Crippen LogP contribution is -2.12. The summed E-state index contributed by atoms with van der Waals surface area (Å²) in [6, 6.07) is 9.78. The average Bonchev–Trinajstić information content (AvgIpc) is 2.92. The van der Waals surface area contributed by atoms with Crippen LogP contribution in [0.25, 0.3) is 5.57 Å². The molecule has 44 heavy (non-hydrogen) atoms. The number of esters is 2. The van der Waals surface area contributed by atoms with Crippen molar-refractivity contribution in [2.45, 2.75) is 46.7 Å². The first kappa shape index (κ1) is 38.8. The van der Waals surface area contributed by atoms with Crippen molar-refractivity contribution in [2.75, 3.05) is 39.2 Å². The molecule has 246 valence electrons. The highest BCUT2D eigenvalue weighted by molar-refractivity contribution is 7.54. The molecule has 0 saturated carbocycles. The number of halogens is 6. The Labute approximate surface area is 251 Å². The van der Waals surface area contributed by atoms with E-state index in [2.05, 4.69) is 4.74 Å². The second-order valence-electron chi connectivity index (χ2n) is 8.60. The zero-order valence-corrected chi connectivity index (χ0v) is 25.5. The van der Waals surface area contributed by atoms with Crippen molar-refractivity contribution in [3.63, 3.8) is 0 Å². The first-order valence-electron chi connectivity index (χ1n) is 13.4. The molecule has 15 heteroatoms. The molecule has 0 unspecified atom stereocenters. The summed E-state index contributed by atoms with van der Waals surface area (Å²) >= 11 is 0. The standard InChI is InChI=1S/C21H18F6O3.C8H17O5P/c1-2-30-19(28)10-16(15-6-4-3-5-7-15)13-29-12-14-8-17(20(22,23)24)11-18(9-14)21(25,26)27;1-4-11-8(9)7-14(10,12-5-2)13-6-3/h3-11H,2,12-13H2,1H3;4-7H2,1-3H3. The Morgan fingerprint density at radius 3 is 1.75 bits per heavy atom. The first-order valence-corrected chi connectivity index (χ1v) is 15.1. The van der Waals surface area contributed by atoms with E-state index in [0.717, 1.165) is 0 Å². The maximum absolute atomic E-state index is 13.0. The van der Waals surface area contributed by atoms with Crippen LogP contribution in [0, 0.1) is 0 Å². The van der Waals surface area contributed by atoms with Gasteiger partial charge in [0.05, 0.1) is 50.8 Å². The summed E-state index contributed by atoms with van der Waals surface area (Å²) in [7, 11) is -3.28. The van der Waals surface area contributed by atoms with Gasteiger partial charge in [0.1, 0.15) is 6.16 Å². The van der Waals surface area contributed by atoms with Gasteiger partial charge in [0.15, 0.2) is 0 Å². The van der Waals surface area contributed by atoms with Crippen LogP contribution >= 0.6 is 7.60 Å². The van der Waals surface area contributed by atoms with E-state index >= 15 is 0 Å². The third kappa shape index (κ3) is 14.5. The molecule has 0 atom stereocenters. The van der Waals surface area contributed by atoms with E-state index in [1.807, 2.05) is 0 Å². The molecular formula is C29H35F6O8P. The topological polar surface area (TPSA) is 97.4 Å². The van der Waals surface area contributed by atoms with E-state index in [9.17, 15) is 40.5 Å². The zero-order chi connectivity index (χ0) is 33.4. The van der Waals surface area contributed by atoms with Gasteiger partial charge in [-0.15, -0.1) is 0 Å².